The highest BCUT2D eigenvalue weighted by molar-refractivity contribution is 7.90. The fourth-order valence-corrected chi connectivity index (χ4v) is 3.69. The normalized spacial score (nSPS) is 17.6. The first-order valence-corrected chi connectivity index (χ1v) is 9.58. The summed E-state index contributed by atoms with van der Waals surface area (Å²) in [5, 5.41) is 0. The van der Waals surface area contributed by atoms with Gasteiger partial charge in [0.2, 0.25) is 0 Å². The quantitative estimate of drug-likeness (QED) is 0.839. The Morgan fingerprint density at radius 1 is 1.12 bits per heavy atom. The molecule has 126 valence electrons. The summed E-state index contributed by atoms with van der Waals surface area (Å²) < 4.78 is 29.7. The van der Waals surface area contributed by atoms with Gasteiger partial charge < -0.3 is 9.64 Å². The highest BCUT2D eigenvalue weighted by Crippen LogP contribution is 2.27. The van der Waals surface area contributed by atoms with Crippen molar-refractivity contribution in [1.29, 1.82) is 0 Å². The van der Waals surface area contributed by atoms with Crippen LogP contribution < -0.4 is 4.74 Å². The van der Waals surface area contributed by atoms with Crippen molar-refractivity contribution in [2.45, 2.75) is 24.4 Å². The average molecular weight is 345 g/mol. The minimum absolute atomic E-state index is 0.0562. The third kappa shape index (κ3) is 3.14. The Labute approximate surface area is 141 Å². The number of ether oxygens (including phenoxy) is 1. The molecule has 0 aromatic heterocycles. The van der Waals surface area contributed by atoms with Gasteiger partial charge in [0.25, 0.3) is 5.91 Å². The third-order valence-electron chi connectivity index (χ3n) is 4.10. The maximum Gasteiger partial charge on any atom is 0.255 e. The first-order valence-electron chi connectivity index (χ1n) is 7.68. The fraction of sp³-hybridized carbons (Fsp3) is 0.278. The van der Waals surface area contributed by atoms with Gasteiger partial charge in [0.1, 0.15) is 12.4 Å². The summed E-state index contributed by atoms with van der Waals surface area (Å²) in [6, 6.07) is 13.7. The summed E-state index contributed by atoms with van der Waals surface area (Å²) in [5.41, 5.74) is 1.11. The standard InChI is InChI=1S/C18H19NO4S/c1-13-12-23-16-9-5-3-7-14(16)11-19(13)18(20)15-8-4-6-10-17(15)24(2,21)22/h3-10,13H,11-12H2,1-2H3. The van der Waals surface area contributed by atoms with Crippen LogP contribution in [0.25, 0.3) is 0 Å². The highest BCUT2D eigenvalue weighted by atomic mass is 32.2. The van der Waals surface area contributed by atoms with Crippen molar-refractivity contribution in [3.8, 4) is 5.75 Å². The number of fused-ring (bicyclic) bond motifs is 1. The van der Waals surface area contributed by atoms with Crippen LogP contribution in [0.15, 0.2) is 53.4 Å². The first kappa shape index (κ1) is 16.5. The molecular weight excluding hydrogens is 326 g/mol. The molecule has 5 nitrogen and oxygen atoms in total. The van der Waals surface area contributed by atoms with Gasteiger partial charge in [0, 0.05) is 11.8 Å². The van der Waals surface area contributed by atoms with Gasteiger partial charge in [-0.3, -0.25) is 4.79 Å². The average Bonchev–Trinajstić information content (AvgIpc) is 2.73. The Morgan fingerprint density at radius 3 is 2.54 bits per heavy atom. The van der Waals surface area contributed by atoms with Crippen LogP contribution in [-0.2, 0) is 16.4 Å². The lowest BCUT2D eigenvalue weighted by atomic mass is 10.1. The summed E-state index contributed by atoms with van der Waals surface area (Å²) in [5.74, 6) is 0.458. The van der Waals surface area contributed by atoms with E-state index in [1.165, 1.54) is 6.07 Å². The van der Waals surface area contributed by atoms with Gasteiger partial charge in [-0.15, -0.1) is 0 Å². The maximum absolute atomic E-state index is 13.0. The number of hydrogen-bond acceptors (Lipinski definition) is 4. The topological polar surface area (TPSA) is 63.7 Å². The molecule has 0 radical (unpaired) electrons. The van der Waals surface area contributed by atoms with Crippen molar-refractivity contribution < 1.29 is 17.9 Å². The molecule has 0 saturated carbocycles. The molecule has 2 aromatic carbocycles. The van der Waals surface area contributed by atoms with Crippen LogP contribution >= 0.6 is 0 Å². The van der Waals surface area contributed by atoms with E-state index in [1.807, 2.05) is 31.2 Å². The molecule has 2 aromatic rings. The summed E-state index contributed by atoms with van der Waals surface area (Å²) in [6.07, 6.45) is 1.11. The minimum atomic E-state index is -3.48. The van der Waals surface area contributed by atoms with Crippen LogP contribution in [0.2, 0.25) is 0 Å². The SMILES string of the molecule is CC1COc2ccccc2CN1C(=O)c1ccccc1S(C)(=O)=O. The van der Waals surface area contributed by atoms with Crippen LogP contribution in [0.1, 0.15) is 22.8 Å². The monoisotopic (exact) mass is 345 g/mol. The van der Waals surface area contributed by atoms with Gasteiger partial charge in [0.15, 0.2) is 9.84 Å². The number of amides is 1. The second-order valence-electron chi connectivity index (χ2n) is 5.97. The zero-order chi connectivity index (χ0) is 17.3. The third-order valence-corrected chi connectivity index (χ3v) is 5.26. The van der Waals surface area contributed by atoms with Crippen molar-refractivity contribution in [3.05, 3.63) is 59.7 Å². The van der Waals surface area contributed by atoms with Crippen LogP contribution in [-0.4, -0.2) is 38.1 Å². The highest BCUT2D eigenvalue weighted by Gasteiger charge is 2.29. The Kier molecular flexibility index (Phi) is 4.32. The van der Waals surface area contributed by atoms with Gasteiger partial charge in [-0.1, -0.05) is 30.3 Å². The molecule has 0 N–H and O–H groups in total. The van der Waals surface area contributed by atoms with E-state index >= 15 is 0 Å². The van der Waals surface area contributed by atoms with E-state index < -0.39 is 9.84 Å². The van der Waals surface area contributed by atoms with Crippen LogP contribution in [0.4, 0.5) is 0 Å². The van der Waals surface area contributed by atoms with E-state index in [-0.39, 0.29) is 22.4 Å². The second kappa shape index (κ2) is 6.28. The van der Waals surface area contributed by atoms with E-state index in [1.54, 1.807) is 23.1 Å². The van der Waals surface area contributed by atoms with Crippen LogP contribution in [0.3, 0.4) is 0 Å². The smallest absolute Gasteiger partial charge is 0.255 e. The Balaban J connectivity index is 2.01. The molecule has 0 aliphatic carbocycles. The number of carbonyl (C=O) groups is 1. The fourth-order valence-electron chi connectivity index (χ4n) is 2.81. The predicted molar refractivity (Wildman–Crippen MR) is 90.8 cm³/mol. The number of para-hydroxylation sites is 1. The zero-order valence-electron chi connectivity index (χ0n) is 13.6. The molecule has 0 saturated heterocycles. The Hall–Kier alpha value is -2.34. The Morgan fingerprint density at radius 2 is 1.79 bits per heavy atom. The second-order valence-corrected chi connectivity index (χ2v) is 7.95. The van der Waals surface area contributed by atoms with Gasteiger partial charge in [-0.2, -0.15) is 0 Å². The molecule has 0 fully saturated rings. The van der Waals surface area contributed by atoms with Gasteiger partial charge in [-0.05, 0) is 25.1 Å². The molecule has 24 heavy (non-hydrogen) atoms. The molecule has 0 spiro atoms. The lowest BCUT2D eigenvalue weighted by molar-refractivity contribution is 0.0641. The number of carbonyl (C=O) groups excluding carboxylic acids is 1. The minimum Gasteiger partial charge on any atom is -0.491 e. The summed E-state index contributed by atoms with van der Waals surface area (Å²) in [7, 11) is -3.48. The molecule has 1 unspecified atom stereocenters. The van der Waals surface area contributed by atoms with Crippen molar-refractivity contribution >= 4 is 15.7 Å². The molecular formula is C18H19NO4S. The summed E-state index contributed by atoms with van der Waals surface area (Å²) >= 11 is 0. The molecule has 1 atom stereocenters. The molecule has 1 aliphatic rings. The van der Waals surface area contributed by atoms with Crippen molar-refractivity contribution in [1.82, 2.24) is 4.90 Å². The van der Waals surface area contributed by atoms with Crippen molar-refractivity contribution in [3.63, 3.8) is 0 Å². The van der Waals surface area contributed by atoms with Crippen LogP contribution in [0, 0.1) is 0 Å². The van der Waals surface area contributed by atoms with Crippen molar-refractivity contribution in [2.24, 2.45) is 0 Å². The van der Waals surface area contributed by atoms with E-state index in [2.05, 4.69) is 0 Å². The van der Waals surface area contributed by atoms with Crippen LogP contribution in [0.5, 0.6) is 5.75 Å². The summed E-state index contributed by atoms with van der Waals surface area (Å²) in [4.78, 5) is 14.8. The van der Waals surface area contributed by atoms with E-state index in [4.69, 9.17) is 4.74 Å². The van der Waals surface area contributed by atoms with Crippen molar-refractivity contribution in [2.75, 3.05) is 12.9 Å². The number of nitrogens with zero attached hydrogens (tertiary/aromatic N) is 1. The number of benzene rings is 2. The zero-order valence-corrected chi connectivity index (χ0v) is 14.4. The maximum atomic E-state index is 13.0. The predicted octanol–water partition coefficient (Wildman–Crippen LogP) is 2.51. The lowest BCUT2D eigenvalue weighted by Gasteiger charge is -2.27. The molecule has 1 aliphatic heterocycles. The number of hydrogen-bond donors (Lipinski definition) is 0. The molecule has 1 heterocycles. The lowest BCUT2D eigenvalue weighted by Crippen LogP contribution is -2.40. The largest absolute Gasteiger partial charge is 0.491 e. The van der Waals surface area contributed by atoms with E-state index in [0.29, 0.717) is 13.2 Å². The summed E-state index contributed by atoms with van der Waals surface area (Å²) in [6.45, 7) is 2.64. The molecule has 0 bridgehead atoms. The number of rotatable bonds is 2. The molecule has 3 rings (SSSR count). The van der Waals surface area contributed by atoms with Gasteiger partial charge in [0.05, 0.1) is 23.0 Å². The Bertz CT molecular complexity index is 876. The molecule has 1 amide bonds. The van der Waals surface area contributed by atoms with E-state index in [9.17, 15) is 13.2 Å². The van der Waals surface area contributed by atoms with Gasteiger partial charge >= 0.3 is 0 Å². The number of sulfone groups is 1. The first-order chi connectivity index (χ1) is 11.4. The van der Waals surface area contributed by atoms with Gasteiger partial charge in [-0.25, -0.2) is 8.42 Å². The van der Waals surface area contributed by atoms with E-state index in [0.717, 1.165) is 17.6 Å². The molecule has 6 heteroatoms.